The maximum Gasteiger partial charge on any atom is 0.167 e. The number of benzene rings is 1. The minimum atomic E-state index is -0.247. The number of nitrogens with zero attached hydrogens (tertiary/aromatic N) is 1. The molecule has 0 spiro atoms. The molecule has 0 amide bonds. The van der Waals surface area contributed by atoms with Gasteiger partial charge in [0, 0.05) is 0 Å². The van der Waals surface area contributed by atoms with Crippen LogP contribution in [0.25, 0.3) is 0 Å². The van der Waals surface area contributed by atoms with Gasteiger partial charge in [-0.3, -0.25) is 4.79 Å². The van der Waals surface area contributed by atoms with Gasteiger partial charge in [0.2, 0.25) is 0 Å². The highest BCUT2D eigenvalue weighted by Gasteiger charge is 2.36. The van der Waals surface area contributed by atoms with Gasteiger partial charge in [-0.2, -0.15) is 0 Å². The molecule has 0 fully saturated rings. The number of carbonyl (C=O) groups excluding carboxylic acids is 1. The molecule has 2 rings (SSSR count). The van der Waals surface area contributed by atoms with Crippen LogP contribution in [0.2, 0.25) is 0 Å². The maximum absolute atomic E-state index is 11.5. The number of ketones is 1. The molecule has 15 heavy (non-hydrogen) atoms. The summed E-state index contributed by atoms with van der Waals surface area (Å²) in [5.41, 5.74) is 1.76. The van der Waals surface area contributed by atoms with Crippen molar-refractivity contribution in [2.45, 2.75) is 20.0 Å². The van der Waals surface area contributed by atoms with Crippen LogP contribution in [0, 0.1) is 5.92 Å². The number of oxime groups is 1. The molecular weight excluding hydrogens is 190 g/mol. The van der Waals surface area contributed by atoms with Gasteiger partial charge in [0.15, 0.2) is 6.10 Å². The third kappa shape index (κ3) is 1.77. The Labute approximate surface area is 88.7 Å². The smallest absolute Gasteiger partial charge is 0.167 e. The van der Waals surface area contributed by atoms with E-state index in [9.17, 15) is 4.79 Å². The Morgan fingerprint density at radius 1 is 1.33 bits per heavy atom. The zero-order chi connectivity index (χ0) is 10.8. The van der Waals surface area contributed by atoms with Gasteiger partial charge in [-0.25, -0.2) is 0 Å². The minimum Gasteiger partial charge on any atom is -0.386 e. The summed E-state index contributed by atoms with van der Waals surface area (Å²) in [6, 6.07) is 9.71. The van der Waals surface area contributed by atoms with E-state index in [4.69, 9.17) is 4.84 Å². The van der Waals surface area contributed by atoms with Crippen LogP contribution in [-0.2, 0) is 9.63 Å². The topological polar surface area (TPSA) is 38.7 Å². The molecule has 0 aromatic heterocycles. The number of hydrogen-bond donors (Lipinski definition) is 0. The van der Waals surface area contributed by atoms with E-state index in [1.807, 2.05) is 37.3 Å². The van der Waals surface area contributed by atoms with E-state index >= 15 is 0 Å². The number of hydrogen-bond acceptors (Lipinski definition) is 3. The SMILES string of the molecule is CC(=O)[C@H]1C(C)=NOC1c1ccccc1. The van der Waals surface area contributed by atoms with E-state index in [0.717, 1.165) is 11.3 Å². The van der Waals surface area contributed by atoms with Crippen molar-refractivity contribution in [1.82, 2.24) is 0 Å². The van der Waals surface area contributed by atoms with Crippen molar-refractivity contribution in [2.24, 2.45) is 11.1 Å². The fourth-order valence-corrected chi connectivity index (χ4v) is 1.88. The molecule has 0 saturated heterocycles. The lowest BCUT2D eigenvalue weighted by atomic mass is 9.90. The zero-order valence-corrected chi connectivity index (χ0v) is 8.81. The van der Waals surface area contributed by atoms with E-state index in [-0.39, 0.29) is 17.8 Å². The first-order valence-corrected chi connectivity index (χ1v) is 4.96. The summed E-state index contributed by atoms with van der Waals surface area (Å²) in [6.45, 7) is 3.41. The monoisotopic (exact) mass is 203 g/mol. The van der Waals surface area contributed by atoms with Gasteiger partial charge >= 0.3 is 0 Å². The maximum atomic E-state index is 11.5. The molecule has 1 heterocycles. The van der Waals surface area contributed by atoms with Crippen LogP contribution in [0.5, 0.6) is 0 Å². The molecule has 2 atom stereocenters. The van der Waals surface area contributed by atoms with Gasteiger partial charge in [-0.1, -0.05) is 35.5 Å². The van der Waals surface area contributed by atoms with Crippen LogP contribution in [0.4, 0.5) is 0 Å². The quantitative estimate of drug-likeness (QED) is 0.740. The standard InChI is InChI=1S/C12H13NO2/c1-8-11(9(2)14)12(15-13-8)10-6-4-3-5-7-10/h3-7,11-12H,1-2H3/t11-,12?/m1/s1. The molecule has 1 aromatic rings. The first kappa shape index (κ1) is 9.90. The summed E-state index contributed by atoms with van der Waals surface area (Å²) in [5, 5.41) is 3.89. The van der Waals surface area contributed by atoms with Gasteiger partial charge in [0.05, 0.1) is 5.71 Å². The summed E-state index contributed by atoms with van der Waals surface area (Å²) in [5.74, 6) is -0.130. The summed E-state index contributed by atoms with van der Waals surface area (Å²) < 4.78 is 0. The summed E-state index contributed by atoms with van der Waals surface area (Å²) >= 11 is 0. The van der Waals surface area contributed by atoms with Crippen LogP contribution in [0.1, 0.15) is 25.5 Å². The molecule has 0 N–H and O–H groups in total. The van der Waals surface area contributed by atoms with Gasteiger partial charge in [0.25, 0.3) is 0 Å². The second kappa shape index (κ2) is 3.85. The van der Waals surface area contributed by atoms with Gasteiger partial charge in [0.1, 0.15) is 11.7 Å². The summed E-state index contributed by atoms with van der Waals surface area (Å²) in [6.07, 6.45) is -0.247. The lowest BCUT2D eigenvalue weighted by Gasteiger charge is -2.15. The first-order chi connectivity index (χ1) is 7.20. The Bertz CT molecular complexity index is 397. The third-order valence-electron chi connectivity index (χ3n) is 2.63. The lowest BCUT2D eigenvalue weighted by molar-refractivity contribution is -0.121. The number of carbonyl (C=O) groups is 1. The molecule has 1 aliphatic rings. The minimum absolute atomic E-state index is 0.0996. The zero-order valence-electron chi connectivity index (χ0n) is 8.81. The Kier molecular flexibility index (Phi) is 2.54. The van der Waals surface area contributed by atoms with Gasteiger partial charge < -0.3 is 4.84 Å². The Morgan fingerprint density at radius 3 is 2.60 bits per heavy atom. The Hall–Kier alpha value is -1.64. The molecule has 0 aliphatic carbocycles. The van der Waals surface area contributed by atoms with Crippen molar-refractivity contribution in [3.8, 4) is 0 Å². The fourth-order valence-electron chi connectivity index (χ4n) is 1.88. The van der Waals surface area contributed by atoms with Gasteiger partial charge in [-0.15, -0.1) is 0 Å². The highest BCUT2D eigenvalue weighted by molar-refractivity contribution is 6.04. The van der Waals surface area contributed by atoms with E-state index in [1.54, 1.807) is 6.92 Å². The van der Waals surface area contributed by atoms with E-state index in [1.165, 1.54) is 0 Å². The average molecular weight is 203 g/mol. The molecule has 0 radical (unpaired) electrons. The fraction of sp³-hybridized carbons (Fsp3) is 0.333. The van der Waals surface area contributed by atoms with Crippen molar-refractivity contribution in [3.63, 3.8) is 0 Å². The molecular formula is C12H13NO2. The number of rotatable bonds is 2. The lowest BCUT2D eigenvalue weighted by Crippen LogP contribution is -2.22. The number of Topliss-reactive ketones (excluding diaryl/α,β-unsaturated/α-hetero) is 1. The Morgan fingerprint density at radius 2 is 2.00 bits per heavy atom. The van der Waals surface area contributed by atoms with E-state index in [2.05, 4.69) is 5.16 Å². The van der Waals surface area contributed by atoms with E-state index in [0.29, 0.717) is 0 Å². The summed E-state index contributed by atoms with van der Waals surface area (Å²) in [4.78, 5) is 16.8. The highest BCUT2D eigenvalue weighted by atomic mass is 16.6. The van der Waals surface area contributed by atoms with Crippen LogP contribution in [0.15, 0.2) is 35.5 Å². The van der Waals surface area contributed by atoms with Crippen LogP contribution in [0.3, 0.4) is 0 Å². The largest absolute Gasteiger partial charge is 0.386 e. The van der Waals surface area contributed by atoms with Crippen molar-refractivity contribution in [2.75, 3.05) is 0 Å². The van der Waals surface area contributed by atoms with E-state index < -0.39 is 0 Å². The van der Waals surface area contributed by atoms with Crippen molar-refractivity contribution < 1.29 is 9.63 Å². The Balaban J connectivity index is 2.29. The third-order valence-corrected chi connectivity index (χ3v) is 2.63. The predicted molar refractivity (Wildman–Crippen MR) is 57.5 cm³/mol. The van der Waals surface area contributed by atoms with Crippen LogP contribution < -0.4 is 0 Å². The molecule has 1 aromatic carbocycles. The molecule has 1 aliphatic heterocycles. The van der Waals surface area contributed by atoms with Gasteiger partial charge in [-0.05, 0) is 19.4 Å². The normalized spacial score (nSPS) is 24.5. The summed E-state index contributed by atoms with van der Waals surface area (Å²) in [7, 11) is 0. The first-order valence-electron chi connectivity index (χ1n) is 4.96. The molecule has 3 heteroatoms. The molecule has 0 saturated carbocycles. The van der Waals surface area contributed by atoms with Crippen LogP contribution in [-0.4, -0.2) is 11.5 Å². The second-order valence-corrected chi connectivity index (χ2v) is 3.76. The van der Waals surface area contributed by atoms with Crippen molar-refractivity contribution in [1.29, 1.82) is 0 Å². The predicted octanol–water partition coefficient (Wildman–Crippen LogP) is 2.34. The van der Waals surface area contributed by atoms with Crippen LogP contribution >= 0.6 is 0 Å². The highest BCUT2D eigenvalue weighted by Crippen LogP contribution is 2.33. The van der Waals surface area contributed by atoms with Crippen molar-refractivity contribution in [3.05, 3.63) is 35.9 Å². The second-order valence-electron chi connectivity index (χ2n) is 3.76. The van der Waals surface area contributed by atoms with Crippen molar-refractivity contribution >= 4 is 11.5 Å². The average Bonchev–Trinajstić information content (AvgIpc) is 2.61. The molecule has 3 nitrogen and oxygen atoms in total. The molecule has 0 bridgehead atoms. The molecule has 78 valence electrons. The molecule has 1 unspecified atom stereocenters.